The Kier molecular flexibility index (Phi) is 4.98. The number of nitrogens with one attached hydrogen (secondary N) is 1. The maximum atomic E-state index is 13.5. The molecular weight excluding hydrogens is 486 g/mol. The Labute approximate surface area is 207 Å². The van der Waals surface area contributed by atoms with Crippen LogP contribution in [0.3, 0.4) is 0 Å². The third-order valence-electron chi connectivity index (χ3n) is 7.40. The first-order valence-electron chi connectivity index (χ1n) is 11.7. The number of methoxy groups -OCH3 is 2. The van der Waals surface area contributed by atoms with Crippen molar-refractivity contribution in [2.75, 3.05) is 36.9 Å². The summed E-state index contributed by atoms with van der Waals surface area (Å²) >= 11 is 0. The number of hydrogen-bond acceptors (Lipinski definition) is 8. The van der Waals surface area contributed by atoms with Gasteiger partial charge in [0, 0.05) is 35.3 Å². The maximum absolute atomic E-state index is 13.5. The number of aromatic nitrogens is 1. The third kappa shape index (κ3) is 3.41. The van der Waals surface area contributed by atoms with E-state index in [-0.39, 0.29) is 33.2 Å². The van der Waals surface area contributed by atoms with Crippen molar-refractivity contribution in [3.05, 3.63) is 47.0 Å². The molecule has 2 N–H and O–H groups in total. The number of benzene rings is 2. The normalized spacial score (nSPS) is 17.1. The van der Waals surface area contributed by atoms with E-state index in [0.29, 0.717) is 17.7 Å². The Morgan fingerprint density at radius 2 is 1.83 bits per heavy atom. The summed E-state index contributed by atoms with van der Waals surface area (Å²) in [6.07, 6.45) is 3.81. The van der Waals surface area contributed by atoms with Gasteiger partial charge in [0.15, 0.2) is 16.5 Å². The van der Waals surface area contributed by atoms with Crippen molar-refractivity contribution in [2.45, 2.75) is 36.0 Å². The summed E-state index contributed by atoms with van der Waals surface area (Å²) in [6, 6.07) is 8.73. The number of sulfonamides is 1. The van der Waals surface area contributed by atoms with E-state index in [1.54, 1.807) is 0 Å². The lowest BCUT2D eigenvalue weighted by Gasteiger charge is -2.34. The monoisotopic (exact) mass is 511 g/mol. The highest BCUT2D eigenvalue weighted by molar-refractivity contribution is 7.93. The van der Waals surface area contributed by atoms with Crippen molar-refractivity contribution >= 4 is 27.5 Å². The molecule has 1 saturated heterocycles. The van der Waals surface area contributed by atoms with Gasteiger partial charge in [0.1, 0.15) is 11.5 Å². The Balaban J connectivity index is 1.42. The number of nitrogens with zero attached hydrogens (tertiary/aromatic N) is 2. The van der Waals surface area contributed by atoms with E-state index in [9.17, 15) is 18.3 Å². The zero-order chi connectivity index (χ0) is 25.2. The highest BCUT2D eigenvalue weighted by Gasteiger charge is 2.50. The first kappa shape index (κ1) is 22.7. The number of carbonyl (C=O) groups is 1. The molecule has 0 unspecified atom stereocenters. The molecule has 1 saturated carbocycles. The molecule has 36 heavy (non-hydrogen) atoms. The standard InChI is InChI=1S/C25H25N3O7S/c1-33-19-10-14(24(29)30)11-20(34-2)22(19)36(31,32)27-23-17-13-25(6-7-25)18-5-4-15(28-8-3-9-28)12-16(18)21(17)35-26-23/h4-5,10-12H,3,6-9,13H2,1-2H3,(H,26,27)(H,29,30). The average Bonchev–Trinajstić information content (AvgIpc) is 3.49. The van der Waals surface area contributed by atoms with Crippen LogP contribution in [-0.4, -0.2) is 52.0 Å². The summed E-state index contributed by atoms with van der Waals surface area (Å²) in [7, 11) is -1.75. The molecule has 0 radical (unpaired) electrons. The van der Waals surface area contributed by atoms with Crippen molar-refractivity contribution in [3.8, 4) is 22.8 Å². The molecule has 3 aromatic rings. The van der Waals surface area contributed by atoms with Gasteiger partial charge in [0.25, 0.3) is 10.0 Å². The van der Waals surface area contributed by atoms with E-state index in [2.05, 4.69) is 33.0 Å². The molecule has 1 spiro atoms. The van der Waals surface area contributed by atoms with Crippen LogP contribution < -0.4 is 19.1 Å². The number of aromatic carboxylic acids is 1. The number of fused-ring (bicyclic) bond motifs is 4. The molecule has 11 heteroatoms. The van der Waals surface area contributed by atoms with Crippen LogP contribution >= 0.6 is 0 Å². The zero-order valence-electron chi connectivity index (χ0n) is 19.8. The number of hydrogen-bond donors (Lipinski definition) is 2. The molecule has 0 amide bonds. The minimum atomic E-state index is -4.28. The van der Waals surface area contributed by atoms with E-state index < -0.39 is 16.0 Å². The Morgan fingerprint density at radius 3 is 2.39 bits per heavy atom. The van der Waals surface area contributed by atoms with Gasteiger partial charge in [-0.3, -0.25) is 4.72 Å². The minimum absolute atomic E-state index is 0.0416. The molecule has 188 valence electrons. The predicted molar refractivity (Wildman–Crippen MR) is 131 cm³/mol. The van der Waals surface area contributed by atoms with Crippen LogP contribution in [0.1, 0.15) is 40.7 Å². The molecule has 2 heterocycles. The topological polar surface area (TPSA) is 131 Å². The van der Waals surface area contributed by atoms with Gasteiger partial charge in [-0.05, 0) is 55.5 Å². The van der Waals surface area contributed by atoms with Crippen molar-refractivity contribution in [1.29, 1.82) is 0 Å². The largest absolute Gasteiger partial charge is 0.495 e. The van der Waals surface area contributed by atoms with E-state index >= 15 is 0 Å². The van der Waals surface area contributed by atoms with Gasteiger partial charge in [-0.15, -0.1) is 0 Å². The Bertz CT molecular complexity index is 1480. The number of carboxylic acids is 1. The van der Waals surface area contributed by atoms with Gasteiger partial charge in [0.2, 0.25) is 0 Å². The Hall–Kier alpha value is -3.73. The summed E-state index contributed by atoms with van der Waals surface area (Å²) in [4.78, 5) is 13.5. The second-order valence-electron chi connectivity index (χ2n) is 9.49. The molecule has 3 aliphatic rings. The summed E-state index contributed by atoms with van der Waals surface area (Å²) < 4.78 is 45.8. The SMILES string of the molecule is COc1cc(C(=O)O)cc(OC)c1S(=O)(=O)Nc1noc2c1CC1(CC1)c1ccc(N3CCC3)cc1-2. The van der Waals surface area contributed by atoms with Gasteiger partial charge >= 0.3 is 5.97 Å². The summed E-state index contributed by atoms with van der Waals surface area (Å²) in [6.45, 7) is 2.03. The molecule has 10 nitrogen and oxygen atoms in total. The van der Waals surface area contributed by atoms with Crippen LogP contribution in [0.5, 0.6) is 11.5 Å². The third-order valence-corrected chi connectivity index (χ3v) is 8.81. The molecule has 0 atom stereocenters. The molecule has 6 rings (SSSR count). The van der Waals surface area contributed by atoms with Gasteiger partial charge in [-0.2, -0.15) is 0 Å². The first-order valence-corrected chi connectivity index (χ1v) is 13.2. The van der Waals surface area contributed by atoms with Crippen LogP contribution in [0, 0.1) is 0 Å². The molecule has 2 aromatic carbocycles. The second kappa shape index (κ2) is 7.89. The highest BCUT2D eigenvalue weighted by atomic mass is 32.2. The van der Waals surface area contributed by atoms with Crippen molar-refractivity contribution in [2.24, 2.45) is 0 Å². The van der Waals surface area contributed by atoms with Crippen molar-refractivity contribution < 1.29 is 32.3 Å². The average molecular weight is 512 g/mol. The van der Waals surface area contributed by atoms with Crippen LogP contribution in [0.2, 0.25) is 0 Å². The van der Waals surface area contributed by atoms with Gasteiger partial charge < -0.3 is 24.0 Å². The van der Waals surface area contributed by atoms with Crippen LogP contribution in [0.25, 0.3) is 11.3 Å². The zero-order valence-corrected chi connectivity index (χ0v) is 20.6. The smallest absolute Gasteiger partial charge is 0.335 e. The fraction of sp³-hybridized carbons (Fsp3) is 0.360. The molecular formula is C25H25N3O7S. The second-order valence-corrected chi connectivity index (χ2v) is 11.1. The first-order chi connectivity index (χ1) is 17.3. The molecule has 1 aromatic heterocycles. The van der Waals surface area contributed by atoms with Gasteiger partial charge in [-0.25, -0.2) is 13.2 Å². The van der Waals surface area contributed by atoms with Crippen LogP contribution in [-0.2, 0) is 21.9 Å². The van der Waals surface area contributed by atoms with E-state index in [4.69, 9.17) is 14.0 Å². The van der Waals surface area contributed by atoms with Crippen LogP contribution in [0.4, 0.5) is 11.5 Å². The summed E-state index contributed by atoms with van der Waals surface area (Å²) in [5, 5.41) is 13.5. The van der Waals surface area contributed by atoms with Crippen molar-refractivity contribution in [3.63, 3.8) is 0 Å². The Morgan fingerprint density at radius 1 is 1.14 bits per heavy atom. The van der Waals surface area contributed by atoms with Gasteiger partial charge in [-0.1, -0.05) is 11.2 Å². The molecule has 2 aliphatic carbocycles. The summed E-state index contributed by atoms with van der Waals surface area (Å²) in [5.74, 6) is -0.856. The summed E-state index contributed by atoms with van der Waals surface area (Å²) in [5.41, 5.74) is 3.81. The number of anilines is 2. The lowest BCUT2D eigenvalue weighted by atomic mass is 9.79. The minimum Gasteiger partial charge on any atom is -0.495 e. The molecule has 0 bridgehead atoms. The number of ether oxygens (including phenoxy) is 2. The number of carboxylic acid groups (broad SMARTS) is 1. The fourth-order valence-electron chi connectivity index (χ4n) is 5.20. The lowest BCUT2D eigenvalue weighted by molar-refractivity contribution is 0.0695. The van der Waals surface area contributed by atoms with Crippen LogP contribution in [0.15, 0.2) is 39.8 Å². The quantitative estimate of drug-likeness (QED) is 0.488. The maximum Gasteiger partial charge on any atom is 0.335 e. The van der Waals surface area contributed by atoms with E-state index in [0.717, 1.165) is 49.3 Å². The lowest BCUT2D eigenvalue weighted by Crippen LogP contribution is -2.37. The molecule has 1 aliphatic heterocycles. The molecule has 2 fully saturated rings. The van der Waals surface area contributed by atoms with E-state index in [1.807, 2.05) is 0 Å². The number of rotatable bonds is 7. The van der Waals surface area contributed by atoms with E-state index in [1.165, 1.54) is 26.2 Å². The highest BCUT2D eigenvalue weighted by Crippen LogP contribution is 2.59. The fourth-order valence-corrected chi connectivity index (χ4v) is 6.53. The predicted octanol–water partition coefficient (Wildman–Crippen LogP) is 3.66. The van der Waals surface area contributed by atoms with Gasteiger partial charge in [0.05, 0.1) is 19.8 Å². The van der Waals surface area contributed by atoms with Crippen molar-refractivity contribution in [1.82, 2.24) is 5.16 Å².